The number of anilines is 1. The van der Waals surface area contributed by atoms with Gasteiger partial charge in [0.1, 0.15) is 29.6 Å². The van der Waals surface area contributed by atoms with Crippen molar-refractivity contribution in [2.24, 2.45) is 17.8 Å². The van der Waals surface area contributed by atoms with Gasteiger partial charge in [-0.15, -0.1) is 5.10 Å². The molecule has 1 aromatic heterocycles. The van der Waals surface area contributed by atoms with Crippen molar-refractivity contribution in [3.05, 3.63) is 72.8 Å². The van der Waals surface area contributed by atoms with Gasteiger partial charge in [0.15, 0.2) is 0 Å². The molecule has 1 unspecified atom stereocenters. The van der Waals surface area contributed by atoms with E-state index in [1.54, 1.807) is 19.4 Å². The van der Waals surface area contributed by atoms with Crippen LogP contribution in [0.15, 0.2) is 72.8 Å². The van der Waals surface area contributed by atoms with Gasteiger partial charge in [-0.1, -0.05) is 68.8 Å². The second-order valence-electron chi connectivity index (χ2n) is 13.5. The molecule has 1 spiro atoms. The second kappa shape index (κ2) is 12.7. The van der Waals surface area contributed by atoms with Crippen LogP contribution in [0.3, 0.4) is 0 Å². The number of hydrogen-bond donors (Lipinski definition) is 1. The summed E-state index contributed by atoms with van der Waals surface area (Å²) in [4.78, 5) is 49.8. The van der Waals surface area contributed by atoms with Crippen LogP contribution in [0.5, 0.6) is 5.75 Å². The van der Waals surface area contributed by atoms with Gasteiger partial charge < -0.3 is 29.3 Å². The van der Waals surface area contributed by atoms with Crippen molar-refractivity contribution in [3.63, 3.8) is 0 Å². The summed E-state index contributed by atoms with van der Waals surface area (Å²) < 4.78 is 14.4. The van der Waals surface area contributed by atoms with Crippen molar-refractivity contribution in [2.75, 3.05) is 31.2 Å². The lowest BCUT2D eigenvalue weighted by Gasteiger charge is -2.42. The van der Waals surface area contributed by atoms with Gasteiger partial charge in [0.2, 0.25) is 11.8 Å². The number of amides is 3. The highest BCUT2D eigenvalue weighted by molar-refractivity contribution is 6.04. The van der Waals surface area contributed by atoms with E-state index in [1.807, 2.05) is 101 Å². The van der Waals surface area contributed by atoms with Gasteiger partial charge >= 0.3 is 0 Å². The Labute approximate surface area is 285 Å². The SMILES string of the molecule is CCOc1ccc(N2CC=C[C@]3(CC)O[C@]45C=CCN(Cn6nnc7ccccc76)C(=O)C4N([C@@H](CO)[C@@H](C)CC)C(=O)[C@@H]5[C@@H]3C2=O)cc1. The number of carbonyl (C=O) groups excluding carboxylic acids is 3. The Morgan fingerprint density at radius 1 is 0.959 bits per heavy atom. The third kappa shape index (κ3) is 5.06. The van der Waals surface area contributed by atoms with Crippen molar-refractivity contribution in [1.29, 1.82) is 0 Å². The van der Waals surface area contributed by atoms with Crippen LogP contribution < -0.4 is 9.64 Å². The lowest BCUT2D eigenvalue weighted by molar-refractivity contribution is -0.157. The molecule has 3 aromatic rings. The molecule has 12 nitrogen and oxygen atoms in total. The van der Waals surface area contributed by atoms with Gasteiger partial charge in [0.05, 0.1) is 42.2 Å². The van der Waals surface area contributed by atoms with Crippen molar-refractivity contribution in [3.8, 4) is 5.75 Å². The summed E-state index contributed by atoms with van der Waals surface area (Å²) in [5, 5.41) is 19.4. The van der Waals surface area contributed by atoms with Gasteiger partial charge in [-0.05, 0) is 55.7 Å². The Morgan fingerprint density at radius 3 is 2.43 bits per heavy atom. The van der Waals surface area contributed by atoms with E-state index >= 15 is 4.79 Å². The molecule has 2 aromatic carbocycles. The molecule has 49 heavy (non-hydrogen) atoms. The second-order valence-corrected chi connectivity index (χ2v) is 13.5. The van der Waals surface area contributed by atoms with E-state index in [2.05, 4.69) is 10.3 Å². The summed E-state index contributed by atoms with van der Waals surface area (Å²) in [6.45, 7) is 8.66. The topological polar surface area (TPSA) is 130 Å². The summed E-state index contributed by atoms with van der Waals surface area (Å²) in [5.74, 6) is -2.27. The number of likely N-dealkylation sites (tertiary alicyclic amines) is 1. The highest BCUT2D eigenvalue weighted by atomic mass is 16.5. The maximum absolute atomic E-state index is 15.0. The predicted octanol–water partition coefficient (Wildman–Crippen LogP) is 3.56. The molecular weight excluding hydrogens is 624 g/mol. The fourth-order valence-corrected chi connectivity index (χ4v) is 8.35. The van der Waals surface area contributed by atoms with Crippen LogP contribution in [0.4, 0.5) is 5.69 Å². The number of hydrogen-bond acceptors (Lipinski definition) is 8. The highest BCUT2D eigenvalue weighted by Gasteiger charge is 2.76. The first-order valence-electron chi connectivity index (χ1n) is 17.3. The minimum absolute atomic E-state index is 0.1000. The van der Waals surface area contributed by atoms with Crippen molar-refractivity contribution in [2.45, 2.75) is 70.5 Å². The lowest BCUT2D eigenvalue weighted by Crippen LogP contribution is -2.60. The number of rotatable bonds is 10. The molecule has 12 heteroatoms. The number of nitrogens with zero attached hydrogens (tertiary/aromatic N) is 6. The third-order valence-corrected chi connectivity index (χ3v) is 11.0. The number of para-hydroxylation sites is 1. The first kappa shape index (κ1) is 33.0. The van der Waals surface area contributed by atoms with E-state index in [4.69, 9.17) is 9.47 Å². The Bertz CT molecular complexity index is 1810. The first-order valence-corrected chi connectivity index (χ1v) is 17.3. The van der Waals surface area contributed by atoms with Crippen LogP contribution in [-0.4, -0.2) is 97.2 Å². The highest BCUT2D eigenvalue weighted by Crippen LogP contribution is 2.59. The molecule has 5 heterocycles. The van der Waals surface area contributed by atoms with Gasteiger partial charge in [-0.2, -0.15) is 0 Å². The summed E-state index contributed by atoms with van der Waals surface area (Å²) >= 11 is 0. The zero-order valence-electron chi connectivity index (χ0n) is 28.4. The molecular formula is C37H44N6O6. The first-order chi connectivity index (χ1) is 23.7. The Balaban J connectivity index is 1.33. The van der Waals surface area contributed by atoms with Crippen LogP contribution in [0, 0.1) is 17.8 Å². The molecule has 258 valence electrons. The molecule has 1 N–H and O–H groups in total. The predicted molar refractivity (Wildman–Crippen MR) is 182 cm³/mol. The Morgan fingerprint density at radius 2 is 1.71 bits per heavy atom. The molecule has 0 saturated carbocycles. The quantitative estimate of drug-likeness (QED) is 0.325. The molecule has 4 aliphatic rings. The molecule has 4 aliphatic heterocycles. The molecule has 0 bridgehead atoms. The number of fused-ring (bicyclic) bond motifs is 3. The minimum Gasteiger partial charge on any atom is -0.494 e. The van der Waals surface area contributed by atoms with E-state index in [0.717, 1.165) is 5.52 Å². The van der Waals surface area contributed by atoms with E-state index in [9.17, 15) is 14.7 Å². The Hall–Kier alpha value is -4.55. The molecule has 0 radical (unpaired) electrons. The summed E-state index contributed by atoms with van der Waals surface area (Å²) in [6, 6.07) is 13.1. The molecule has 0 aliphatic carbocycles. The summed E-state index contributed by atoms with van der Waals surface area (Å²) in [5.41, 5.74) is -0.418. The van der Waals surface area contributed by atoms with Gasteiger partial charge in [0.25, 0.3) is 5.91 Å². The smallest absolute Gasteiger partial charge is 0.250 e. The van der Waals surface area contributed by atoms with Crippen molar-refractivity contribution < 1.29 is 29.0 Å². The lowest BCUT2D eigenvalue weighted by atomic mass is 9.73. The average molecular weight is 669 g/mol. The number of aromatic nitrogens is 3. The molecule has 2 saturated heterocycles. The zero-order chi connectivity index (χ0) is 34.5. The van der Waals surface area contributed by atoms with Gasteiger partial charge in [0, 0.05) is 18.8 Å². The number of benzene rings is 2. The van der Waals surface area contributed by atoms with E-state index in [0.29, 0.717) is 42.9 Å². The summed E-state index contributed by atoms with van der Waals surface area (Å²) in [7, 11) is 0. The monoisotopic (exact) mass is 668 g/mol. The normalized spacial score (nSPS) is 29.1. The van der Waals surface area contributed by atoms with Gasteiger partial charge in [-0.3, -0.25) is 14.4 Å². The Kier molecular flexibility index (Phi) is 8.56. The molecule has 3 amide bonds. The number of carbonyl (C=O) groups is 3. The molecule has 7 rings (SSSR count). The standard InChI is InChI=1S/C37H44N6O6/c1-5-24(4)29(22-44)43-32-35(47)40(23-42-28-13-9-8-12-27(28)38-39-42)20-11-19-37(32)31(34(43)46)30-33(45)41(21-10-18-36(30,6-2)49-37)25-14-16-26(17-15-25)48-7-3/h8-19,24,29-32,44H,5-7,20-23H2,1-4H3/t24-,29-,30+,31-,32?,36-,37-/m0/s1. The van der Waals surface area contributed by atoms with Crippen LogP contribution in [0.1, 0.15) is 40.5 Å². The van der Waals surface area contributed by atoms with Crippen molar-refractivity contribution >= 4 is 34.4 Å². The van der Waals surface area contributed by atoms with E-state index in [1.165, 1.54) is 0 Å². The maximum Gasteiger partial charge on any atom is 0.250 e. The number of ether oxygens (including phenoxy) is 2. The maximum atomic E-state index is 15.0. The van der Waals surface area contributed by atoms with E-state index < -0.39 is 35.1 Å². The average Bonchev–Trinajstić information content (AvgIpc) is 3.66. The largest absolute Gasteiger partial charge is 0.494 e. The zero-order valence-corrected chi connectivity index (χ0v) is 28.4. The summed E-state index contributed by atoms with van der Waals surface area (Å²) in [6.07, 6.45) is 8.65. The van der Waals surface area contributed by atoms with Gasteiger partial charge in [-0.25, -0.2) is 4.68 Å². The number of aliphatic hydroxyl groups excluding tert-OH is 1. The number of aliphatic hydroxyl groups is 1. The minimum atomic E-state index is -1.45. The van der Waals surface area contributed by atoms with Crippen LogP contribution >= 0.6 is 0 Å². The van der Waals surface area contributed by atoms with Crippen LogP contribution in [0.2, 0.25) is 0 Å². The molecule has 7 atom stereocenters. The van der Waals surface area contributed by atoms with Crippen LogP contribution in [-0.2, 0) is 25.8 Å². The van der Waals surface area contributed by atoms with E-state index in [-0.39, 0.29) is 43.5 Å². The third-order valence-electron chi connectivity index (χ3n) is 11.0. The molecule has 2 fully saturated rings. The van der Waals surface area contributed by atoms with Crippen LogP contribution in [0.25, 0.3) is 11.0 Å². The van der Waals surface area contributed by atoms with Crippen molar-refractivity contribution in [1.82, 2.24) is 24.8 Å². The fraction of sp³-hybridized carbons (Fsp3) is 0.486. The fourth-order valence-electron chi connectivity index (χ4n) is 8.35.